The maximum Gasteiger partial charge on any atom is 0.0647 e. The molecule has 1 atom stereocenters. The number of alkyl halides is 1. The molecule has 0 N–H and O–H groups in total. The average molecular weight is 315 g/mol. The lowest BCUT2D eigenvalue weighted by Gasteiger charge is -2.19. The fourth-order valence-corrected chi connectivity index (χ4v) is 3.76. The van der Waals surface area contributed by atoms with Gasteiger partial charge in [0.2, 0.25) is 0 Å². The van der Waals surface area contributed by atoms with E-state index in [1.54, 1.807) is 11.1 Å². The number of rotatable bonds is 2. The molecule has 19 heavy (non-hydrogen) atoms. The second-order valence-electron chi connectivity index (χ2n) is 5.45. The minimum Gasteiger partial charge on any atom is -0.0786 e. The molecular formula is C18H19Br. The maximum absolute atomic E-state index is 3.87. The van der Waals surface area contributed by atoms with Crippen LogP contribution in [-0.4, -0.2) is 0 Å². The Balaban J connectivity index is 1.96. The van der Waals surface area contributed by atoms with Gasteiger partial charge >= 0.3 is 0 Å². The number of benzene rings is 2. The topological polar surface area (TPSA) is 0 Å². The molecule has 0 saturated carbocycles. The number of halogens is 1. The third kappa shape index (κ3) is 2.62. The summed E-state index contributed by atoms with van der Waals surface area (Å²) in [5.41, 5.74) is 7.22. The van der Waals surface area contributed by atoms with Gasteiger partial charge in [0.25, 0.3) is 0 Å². The quantitative estimate of drug-likeness (QED) is 0.655. The van der Waals surface area contributed by atoms with Crippen molar-refractivity contribution >= 4 is 15.9 Å². The first-order valence-electron chi connectivity index (χ1n) is 7.07. The van der Waals surface area contributed by atoms with E-state index in [0.29, 0.717) is 4.83 Å². The highest BCUT2D eigenvalue weighted by Gasteiger charge is 2.15. The van der Waals surface area contributed by atoms with Gasteiger partial charge < -0.3 is 0 Å². The Labute approximate surface area is 124 Å². The molecule has 0 fully saturated rings. The van der Waals surface area contributed by atoms with Crippen LogP contribution in [-0.2, 0) is 12.8 Å². The molecule has 1 aliphatic rings. The summed E-state index contributed by atoms with van der Waals surface area (Å²) in [6.07, 6.45) is 5.19. The van der Waals surface area contributed by atoms with E-state index in [2.05, 4.69) is 65.3 Å². The van der Waals surface area contributed by atoms with E-state index in [1.807, 2.05) is 0 Å². The van der Waals surface area contributed by atoms with Crippen LogP contribution in [0.4, 0.5) is 0 Å². The van der Waals surface area contributed by atoms with Crippen molar-refractivity contribution in [3.8, 4) is 0 Å². The molecule has 1 heteroatoms. The predicted molar refractivity (Wildman–Crippen MR) is 85.0 cm³/mol. The van der Waals surface area contributed by atoms with E-state index in [0.717, 1.165) is 0 Å². The van der Waals surface area contributed by atoms with Gasteiger partial charge in [0.1, 0.15) is 0 Å². The highest BCUT2D eigenvalue weighted by atomic mass is 79.9. The van der Waals surface area contributed by atoms with Crippen LogP contribution in [0.2, 0.25) is 0 Å². The highest BCUT2D eigenvalue weighted by molar-refractivity contribution is 9.09. The van der Waals surface area contributed by atoms with Crippen LogP contribution in [0.25, 0.3) is 0 Å². The van der Waals surface area contributed by atoms with E-state index in [4.69, 9.17) is 0 Å². The minimum atomic E-state index is 0.306. The Morgan fingerprint density at radius 1 is 0.947 bits per heavy atom. The van der Waals surface area contributed by atoms with Crippen molar-refractivity contribution < 1.29 is 0 Å². The first-order valence-corrected chi connectivity index (χ1v) is 7.98. The van der Waals surface area contributed by atoms with Crippen molar-refractivity contribution in [2.24, 2.45) is 0 Å². The molecule has 2 aromatic carbocycles. The lowest BCUT2D eigenvalue weighted by Crippen LogP contribution is -2.04. The molecular weight excluding hydrogens is 296 g/mol. The summed E-state index contributed by atoms with van der Waals surface area (Å²) in [5, 5.41) is 0. The van der Waals surface area contributed by atoms with Crippen LogP contribution < -0.4 is 0 Å². The molecule has 0 aliphatic heterocycles. The number of fused-ring (bicyclic) bond motifs is 1. The molecule has 0 radical (unpaired) electrons. The normalized spacial score (nSPS) is 15.9. The monoisotopic (exact) mass is 314 g/mol. The number of hydrogen-bond donors (Lipinski definition) is 0. The molecule has 0 spiro atoms. The van der Waals surface area contributed by atoms with Crippen molar-refractivity contribution in [2.45, 2.75) is 37.4 Å². The van der Waals surface area contributed by atoms with Gasteiger partial charge in [0.15, 0.2) is 0 Å². The van der Waals surface area contributed by atoms with Crippen LogP contribution in [0.15, 0.2) is 42.5 Å². The average Bonchev–Trinajstić information content (AvgIpc) is 2.46. The SMILES string of the molecule is Cc1ccccc1C(Br)c1ccc2c(c1)CCCC2. The number of hydrogen-bond acceptors (Lipinski definition) is 0. The van der Waals surface area contributed by atoms with Crippen molar-refractivity contribution in [3.05, 3.63) is 70.3 Å². The first kappa shape index (κ1) is 12.9. The first-order chi connectivity index (χ1) is 9.25. The minimum absolute atomic E-state index is 0.306. The molecule has 0 saturated heterocycles. The second kappa shape index (κ2) is 5.50. The van der Waals surface area contributed by atoms with E-state index in [1.165, 1.54) is 42.4 Å². The van der Waals surface area contributed by atoms with Crippen LogP contribution in [0.5, 0.6) is 0 Å². The molecule has 1 aliphatic carbocycles. The van der Waals surface area contributed by atoms with Crippen LogP contribution >= 0.6 is 15.9 Å². The lowest BCUT2D eigenvalue weighted by molar-refractivity contribution is 0.684. The summed E-state index contributed by atoms with van der Waals surface area (Å²) in [6, 6.07) is 15.6. The van der Waals surface area contributed by atoms with Gasteiger partial charge in [-0.3, -0.25) is 0 Å². The Hall–Kier alpha value is -1.08. The molecule has 98 valence electrons. The van der Waals surface area contributed by atoms with Crippen LogP contribution in [0.3, 0.4) is 0 Å². The smallest absolute Gasteiger partial charge is 0.0647 e. The summed E-state index contributed by atoms with van der Waals surface area (Å²) in [7, 11) is 0. The standard InChI is InChI=1S/C18H19Br/c1-13-6-2-5-9-17(13)18(19)16-11-10-14-7-3-4-8-15(14)12-16/h2,5-6,9-12,18H,3-4,7-8H2,1H3. The summed E-state index contributed by atoms with van der Waals surface area (Å²) < 4.78 is 0. The molecule has 1 unspecified atom stereocenters. The van der Waals surface area contributed by atoms with Crippen molar-refractivity contribution in [1.82, 2.24) is 0 Å². The van der Waals surface area contributed by atoms with Gasteiger partial charge in [-0.05, 0) is 60.4 Å². The molecule has 0 heterocycles. The zero-order chi connectivity index (χ0) is 13.2. The van der Waals surface area contributed by atoms with Crippen LogP contribution in [0.1, 0.15) is 45.5 Å². The van der Waals surface area contributed by atoms with Gasteiger partial charge in [-0.1, -0.05) is 58.4 Å². The molecule has 2 aromatic rings. The van der Waals surface area contributed by atoms with Gasteiger partial charge in [0.05, 0.1) is 4.83 Å². The zero-order valence-electron chi connectivity index (χ0n) is 11.3. The summed E-state index contributed by atoms with van der Waals surface area (Å²) >= 11 is 3.87. The summed E-state index contributed by atoms with van der Waals surface area (Å²) in [5.74, 6) is 0. The summed E-state index contributed by atoms with van der Waals surface area (Å²) in [4.78, 5) is 0.306. The summed E-state index contributed by atoms with van der Waals surface area (Å²) in [6.45, 7) is 2.18. The fraction of sp³-hybridized carbons (Fsp3) is 0.333. The zero-order valence-corrected chi connectivity index (χ0v) is 12.9. The van der Waals surface area contributed by atoms with E-state index >= 15 is 0 Å². The van der Waals surface area contributed by atoms with E-state index in [-0.39, 0.29) is 0 Å². The third-order valence-electron chi connectivity index (χ3n) is 4.13. The molecule has 0 amide bonds. The predicted octanol–water partition coefficient (Wildman–Crippen LogP) is 5.36. The van der Waals surface area contributed by atoms with Crippen LogP contribution in [0, 0.1) is 6.92 Å². The molecule has 0 aromatic heterocycles. The molecule has 0 nitrogen and oxygen atoms in total. The Morgan fingerprint density at radius 2 is 1.68 bits per heavy atom. The lowest BCUT2D eigenvalue weighted by atomic mass is 9.89. The van der Waals surface area contributed by atoms with E-state index < -0.39 is 0 Å². The van der Waals surface area contributed by atoms with Gasteiger partial charge in [-0.15, -0.1) is 0 Å². The highest BCUT2D eigenvalue weighted by Crippen LogP contribution is 2.34. The fourth-order valence-electron chi connectivity index (χ4n) is 2.96. The largest absolute Gasteiger partial charge is 0.0786 e. The third-order valence-corrected chi connectivity index (χ3v) is 5.15. The Morgan fingerprint density at radius 3 is 2.47 bits per heavy atom. The van der Waals surface area contributed by atoms with Gasteiger partial charge in [0, 0.05) is 0 Å². The number of aryl methyl sites for hydroxylation is 3. The molecule has 0 bridgehead atoms. The van der Waals surface area contributed by atoms with Crippen molar-refractivity contribution in [1.29, 1.82) is 0 Å². The van der Waals surface area contributed by atoms with Crippen molar-refractivity contribution in [2.75, 3.05) is 0 Å². The maximum atomic E-state index is 3.87. The Kier molecular flexibility index (Phi) is 3.74. The molecule has 3 rings (SSSR count). The van der Waals surface area contributed by atoms with E-state index in [9.17, 15) is 0 Å². The second-order valence-corrected chi connectivity index (χ2v) is 6.37. The Bertz CT molecular complexity index is 586. The van der Waals surface area contributed by atoms with Gasteiger partial charge in [-0.25, -0.2) is 0 Å². The van der Waals surface area contributed by atoms with Gasteiger partial charge in [-0.2, -0.15) is 0 Å². The van der Waals surface area contributed by atoms with Crippen molar-refractivity contribution in [3.63, 3.8) is 0 Å².